The molecule has 1 aromatic carbocycles. The fourth-order valence-electron chi connectivity index (χ4n) is 6.18. The molecule has 1 aliphatic carbocycles. The van der Waals surface area contributed by atoms with Gasteiger partial charge in [-0.05, 0) is 88.4 Å². The van der Waals surface area contributed by atoms with Gasteiger partial charge in [-0.1, -0.05) is 12.1 Å². The van der Waals surface area contributed by atoms with Gasteiger partial charge in [-0.2, -0.15) is 0 Å². The van der Waals surface area contributed by atoms with Crippen molar-refractivity contribution in [3.8, 4) is 0 Å². The van der Waals surface area contributed by atoms with E-state index in [0.717, 1.165) is 48.2 Å². The molecule has 1 amide bonds. The molecule has 6 rings (SSSR count). The van der Waals surface area contributed by atoms with Gasteiger partial charge >= 0.3 is 0 Å². The second kappa shape index (κ2) is 10.9. The fraction of sp³-hybridized carbons (Fsp3) is 0.552. The summed E-state index contributed by atoms with van der Waals surface area (Å²) in [5, 5.41) is 5.50. The average molecular weight is 504 g/mol. The second-order valence-electron chi connectivity index (χ2n) is 10.8. The highest BCUT2D eigenvalue weighted by Gasteiger charge is 2.26. The Morgan fingerprint density at radius 1 is 1.03 bits per heavy atom. The van der Waals surface area contributed by atoms with Gasteiger partial charge < -0.3 is 10.2 Å². The second-order valence-corrected chi connectivity index (χ2v) is 11.9. The Balaban J connectivity index is 0.963. The minimum absolute atomic E-state index is 0.0355. The molecule has 2 fully saturated rings. The predicted molar refractivity (Wildman–Crippen MR) is 147 cm³/mol. The van der Waals surface area contributed by atoms with E-state index in [0.29, 0.717) is 0 Å². The lowest BCUT2D eigenvalue weighted by Crippen LogP contribution is -2.38. The number of carbonyl (C=O) groups excluding carboxylic acids is 1. The van der Waals surface area contributed by atoms with Gasteiger partial charge in [0.2, 0.25) is 0 Å². The van der Waals surface area contributed by atoms with Gasteiger partial charge in [0.15, 0.2) is 5.13 Å². The Bertz CT molecular complexity index is 1190. The van der Waals surface area contributed by atoms with Crippen LogP contribution in [0.4, 0.5) is 5.13 Å². The van der Waals surface area contributed by atoms with E-state index < -0.39 is 0 Å². The molecule has 0 bridgehead atoms. The quantitative estimate of drug-likeness (QED) is 0.487. The number of benzene rings is 1. The number of hydrogen-bond donors (Lipinski definition) is 1. The lowest BCUT2D eigenvalue weighted by Gasteiger charge is -2.32. The first-order valence-corrected chi connectivity index (χ1v) is 14.6. The van der Waals surface area contributed by atoms with Crippen molar-refractivity contribution in [2.24, 2.45) is 5.92 Å². The number of fused-ring (bicyclic) bond motifs is 2. The molecule has 0 atom stereocenters. The van der Waals surface area contributed by atoms with Crippen LogP contribution in [0.25, 0.3) is 10.9 Å². The van der Waals surface area contributed by atoms with Crippen LogP contribution in [-0.2, 0) is 13.0 Å². The number of thiazole rings is 1. The topological polar surface area (TPSA) is 61.4 Å². The van der Waals surface area contributed by atoms with E-state index in [4.69, 9.17) is 4.98 Å². The van der Waals surface area contributed by atoms with E-state index in [2.05, 4.69) is 20.1 Å². The zero-order valence-electron chi connectivity index (χ0n) is 21.1. The van der Waals surface area contributed by atoms with Gasteiger partial charge in [0, 0.05) is 54.2 Å². The van der Waals surface area contributed by atoms with Crippen LogP contribution in [0.2, 0.25) is 0 Å². The maximum atomic E-state index is 13.0. The van der Waals surface area contributed by atoms with E-state index in [-0.39, 0.29) is 11.9 Å². The van der Waals surface area contributed by atoms with Crippen LogP contribution in [0.5, 0.6) is 0 Å². The van der Waals surface area contributed by atoms with Crippen LogP contribution in [0.1, 0.15) is 72.3 Å². The summed E-state index contributed by atoms with van der Waals surface area (Å²) >= 11 is 1.94. The van der Waals surface area contributed by atoms with Crippen molar-refractivity contribution in [3.05, 3.63) is 52.7 Å². The molecule has 190 valence electrons. The largest absolute Gasteiger partial charge is 0.349 e. The van der Waals surface area contributed by atoms with E-state index >= 15 is 0 Å². The Morgan fingerprint density at radius 2 is 1.89 bits per heavy atom. The Kier molecular flexibility index (Phi) is 7.19. The molecule has 6 nitrogen and oxygen atoms in total. The minimum Gasteiger partial charge on any atom is -0.349 e. The van der Waals surface area contributed by atoms with Crippen LogP contribution in [-0.4, -0.2) is 53.0 Å². The third kappa shape index (κ3) is 5.28. The van der Waals surface area contributed by atoms with Crippen molar-refractivity contribution < 1.29 is 4.79 Å². The van der Waals surface area contributed by atoms with E-state index in [1.807, 2.05) is 41.7 Å². The highest BCUT2D eigenvalue weighted by Crippen LogP contribution is 2.33. The smallest absolute Gasteiger partial charge is 0.252 e. The highest BCUT2D eigenvalue weighted by molar-refractivity contribution is 7.15. The first-order chi connectivity index (χ1) is 17.7. The van der Waals surface area contributed by atoms with E-state index in [1.54, 1.807) is 6.20 Å². The molecule has 0 spiro atoms. The molecule has 36 heavy (non-hydrogen) atoms. The van der Waals surface area contributed by atoms with Gasteiger partial charge in [-0.25, -0.2) is 4.98 Å². The molecular formula is C29H37N5OS. The molecule has 1 saturated heterocycles. The molecule has 4 heterocycles. The Hall–Kier alpha value is -2.51. The highest BCUT2D eigenvalue weighted by atomic mass is 32.1. The van der Waals surface area contributed by atoms with Gasteiger partial charge in [0.05, 0.1) is 11.2 Å². The number of nitrogens with zero attached hydrogens (tertiary/aromatic N) is 4. The van der Waals surface area contributed by atoms with Crippen molar-refractivity contribution in [2.75, 3.05) is 31.1 Å². The normalized spacial score (nSPS) is 22.9. The summed E-state index contributed by atoms with van der Waals surface area (Å²) in [6.45, 7) is 5.71. The van der Waals surface area contributed by atoms with Crippen molar-refractivity contribution in [2.45, 2.75) is 70.4 Å². The summed E-state index contributed by atoms with van der Waals surface area (Å²) in [6.07, 6.45) is 12.7. The van der Waals surface area contributed by atoms with Gasteiger partial charge in [-0.3, -0.25) is 14.7 Å². The van der Waals surface area contributed by atoms with Gasteiger partial charge in [0.25, 0.3) is 5.91 Å². The van der Waals surface area contributed by atoms with E-state index in [9.17, 15) is 4.79 Å². The maximum Gasteiger partial charge on any atom is 0.252 e. The number of carbonyl (C=O) groups is 1. The van der Waals surface area contributed by atoms with Crippen molar-refractivity contribution >= 4 is 33.3 Å². The summed E-state index contributed by atoms with van der Waals surface area (Å²) in [5.41, 5.74) is 2.94. The van der Waals surface area contributed by atoms with Crippen molar-refractivity contribution in [3.63, 3.8) is 0 Å². The summed E-state index contributed by atoms with van der Waals surface area (Å²) in [4.78, 5) is 29.1. The third-order valence-electron chi connectivity index (χ3n) is 8.35. The van der Waals surface area contributed by atoms with Crippen LogP contribution in [0.15, 0.2) is 36.5 Å². The molecule has 1 saturated carbocycles. The first-order valence-electron chi connectivity index (χ1n) is 13.8. The monoisotopic (exact) mass is 503 g/mol. The van der Waals surface area contributed by atoms with Crippen molar-refractivity contribution in [1.82, 2.24) is 20.2 Å². The van der Waals surface area contributed by atoms with E-state index in [1.165, 1.54) is 80.4 Å². The number of pyridine rings is 1. The zero-order valence-corrected chi connectivity index (χ0v) is 21.9. The predicted octanol–water partition coefficient (Wildman–Crippen LogP) is 5.42. The van der Waals surface area contributed by atoms with Crippen molar-refractivity contribution in [1.29, 1.82) is 0 Å². The number of amides is 1. The summed E-state index contributed by atoms with van der Waals surface area (Å²) < 4.78 is 0. The standard InChI is InChI=1S/C29H37N5OS/c35-28(24-6-4-8-25-23(24)7-5-15-30-25)31-22-11-9-21(10-12-22)13-18-33-19-14-27-26(20-33)32-29(36-27)34-16-2-1-3-17-34/h4-8,15,21-22H,1-3,9-14,16-20H2,(H,31,35). The number of anilines is 1. The van der Waals surface area contributed by atoms with Crippen LogP contribution >= 0.6 is 11.3 Å². The Morgan fingerprint density at radius 3 is 2.75 bits per heavy atom. The number of aromatic nitrogens is 2. The molecule has 2 aromatic heterocycles. The van der Waals surface area contributed by atoms with Crippen LogP contribution in [0.3, 0.4) is 0 Å². The molecule has 7 heteroatoms. The zero-order chi connectivity index (χ0) is 24.3. The average Bonchev–Trinajstić information content (AvgIpc) is 3.36. The number of rotatable bonds is 6. The number of hydrogen-bond acceptors (Lipinski definition) is 6. The molecule has 0 radical (unpaired) electrons. The molecule has 1 N–H and O–H groups in total. The number of piperidine rings is 1. The van der Waals surface area contributed by atoms with Crippen LogP contribution < -0.4 is 10.2 Å². The number of nitrogens with one attached hydrogen (secondary N) is 1. The summed E-state index contributed by atoms with van der Waals surface area (Å²) in [7, 11) is 0. The third-order valence-corrected chi connectivity index (χ3v) is 9.57. The lowest BCUT2D eigenvalue weighted by atomic mass is 9.84. The lowest BCUT2D eigenvalue weighted by molar-refractivity contribution is 0.0921. The summed E-state index contributed by atoms with van der Waals surface area (Å²) in [6, 6.07) is 9.95. The molecular weight excluding hydrogens is 466 g/mol. The fourth-order valence-corrected chi connectivity index (χ4v) is 7.28. The minimum atomic E-state index is 0.0355. The molecule has 3 aliphatic rings. The molecule has 2 aliphatic heterocycles. The first kappa shape index (κ1) is 23.9. The maximum absolute atomic E-state index is 13.0. The Labute approximate surface area is 218 Å². The SMILES string of the molecule is O=C(NC1CCC(CCN2CCc3sc(N4CCCCC4)nc3C2)CC1)c1cccc2ncccc12. The van der Waals surface area contributed by atoms with Gasteiger partial charge in [-0.15, -0.1) is 11.3 Å². The van der Waals surface area contributed by atoms with Crippen LogP contribution in [0, 0.1) is 5.92 Å². The van der Waals surface area contributed by atoms with Gasteiger partial charge in [0.1, 0.15) is 0 Å². The summed E-state index contributed by atoms with van der Waals surface area (Å²) in [5.74, 6) is 0.800. The molecule has 0 unspecified atom stereocenters. The molecule has 3 aromatic rings.